The van der Waals surface area contributed by atoms with Crippen molar-refractivity contribution in [2.45, 2.75) is 25.3 Å². The Kier molecular flexibility index (Phi) is 6.40. The minimum Gasteiger partial charge on any atom is -0.335 e. The second-order valence-electron chi connectivity index (χ2n) is 8.36. The van der Waals surface area contributed by atoms with Gasteiger partial charge >= 0.3 is 0 Å². The molecule has 0 radical (unpaired) electrons. The number of hydrogen-bond donors (Lipinski definition) is 2. The molecule has 2 aliphatic rings. The Hall–Kier alpha value is -1.76. The summed E-state index contributed by atoms with van der Waals surface area (Å²) in [4.78, 5) is 23.1. The summed E-state index contributed by atoms with van der Waals surface area (Å²) in [5, 5.41) is 3.04. The molecule has 0 bridgehead atoms. The normalized spacial score (nSPS) is 26.8. The van der Waals surface area contributed by atoms with Crippen molar-refractivity contribution in [1.29, 1.82) is 0 Å². The minimum absolute atomic E-state index is 0.155. The number of carbonyl (C=O) groups excluding carboxylic acids is 1. The molecule has 1 aromatic carbocycles. The summed E-state index contributed by atoms with van der Waals surface area (Å²) in [6, 6.07) is 10.5. The molecule has 5 nitrogen and oxygen atoms in total. The Morgan fingerprint density at radius 2 is 2.00 bits per heavy atom. The first-order valence-electron chi connectivity index (χ1n) is 10.6. The molecule has 1 saturated heterocycles. The van der Waals surface area contributed by atoms with Crippen LogP contribution in [0.25, 0.3) is 0 Å². The Balaban J connectivity index is 1.33. The van der Waals surface area contributed by atoms with Gasteiger partial charge in [0.05, 0.1) is 20.1 Å². The van der Waals surface area contributed by atoms with Crippen LogP contribution in [0, 0.1) is 5.92 Å². The number of piperazine rings is 1. The van der Waals surface area contributed by atoms with E-state index in [9.17, 15) is 4.79 Å². The number of benzene rings is 1. The average molecular weight is 401 g/mol. The van der Waals surface area contributed by atoms with E-state index in [1.165, 1.54) is 38.3 Å². The van der Waals surface area contributed by atoms with Crippen molar-refractivity contribution >= 4 is 17.2 Å². The third-order valence-electron chi connectivity index (χ3n) is 6.23. The summed E-state index contributed by atoms with van der Waals surface area (Å²) in [7, 11) is 2.28. The molecule has 2 fully saturated rings. The molecule has 0 spiro atoms. The number of rotatable bonds is 8. The fourth-order valence-corrected chi connectivity index (χ4v) is 4.96. The Labute approximate surface area is 172 Å². The lowest BCUT2D eigenvalue weighted by atomic mass is 10.1. The third kappa shape index (κ3) is 4.99. The first-order chi connectivity index (χ1) is 13.7. The maximum Gasteiger partial charge on any atom is 0.226 e. The van der Waals surface area contributed by atoms with Crippen LogP contribution in [0.3, 0.4) is 0 Å². The van der Waals surface area contributed by atoms with Crippen LogP contribution in [-0.2, 0) is 11.3 Å². The molecule has 1 aromatic heterocycles. The first kappa shape index (κ1) is 19.6. The van der Waals surface area contributed by atoms with Gasteiger partial charge in [-0.05, 0) is 17.9 Å². The number of hydrogen-bond acceptors (Lipinski definition) is 3. The van der Waals surface area contributed by atoms with Crippen LogP contribution >= 0.6 is 11.3 Å². The lowest BCUT2D eigenvalue weighted by Crippen LogP contribution is -3.27. The van der Waals surface area contributed by atoms with E-state index in [0.717, 1.165) is 24.4 Å². The maximum absolute atomic E-state index is 13.2. The van der Waals surface area contributed by atoms with Crippen molar-refractivity contribution in [2.75, 3.05) is 46.3 Å². The van der Waals surface area contributed by atoms with Crippen LogP contribution in [0.4, 0.5) is 0 Å². The summed E-state index contributed by atoms with van der Waals surface area (Å²) in [5.74, 6) is 0.877. The number of amides is 1. The molecule has 1 saturated carbocycles. The van der Waals surface area contributed by atoms with Crippen LogP contribution in [0.2, 0.25) is 0 Å². The van der Waals surface area contributed by atoms with Gasteiger partial charge in [-0.1, -0.05) is 30.3 Å². The predicted molar refractivity (Wildman–Crippen MR) is 112 cm³/mol. The molecule has 4 rings (SSSR count). The number of nitrogens with zero attached hydrogens (tertiary/aromatic N) is 2. The summed E-state index contributed by atoms with van der Waals surface area (Å²) in [5.41, 5.74) is 1.31. The van der Waals surface area contributed by atoms with Gasteiger partial charge in [-0.25, -0.2) is 4.98 Å². The van der Waals surface area contributed by atoms with Crippen molar-refractivity contribution in [1.82, 2.24) is 9.88 Å². The van der Waals surface area contributed by atoms with E-state index < -0.39 is 0 Å². The van der Waals surface area contributed by atoms with Crippen molar-refractivity contribution < 1.29 is 14.6 Å². The van der Waals surface area contributed by atoms with E-state index in [-0.39, 0.29) is 5.92 Å². The zero-order valence-electron chi connectivity index (χ0n) is 16.8. The van der Waals surface area contributed by atoms with Crippen molar-refractivity contribution in [2.24, 2.45) is 5.92 Å². The second-order valence-corrected chi connectivity index (χ2v) is 9.33. The number of nitrogens with one attached hydrogen (secondary N) is 2. The van der Waals surface area contributed by atoms with E-state index in [0.29, 0.717) is 18.4 Å². The average Bonchev–Trinajstić information content (AvgIpc) is 3.36. The molecule has 2 atom stereocenters. The number of carbonyl (C=O) groups is 1. The highest BCUT2D eigenvalue weighted by Gasteiger charge is 2.45. The predicted octanol–water partition coefficient (Wildman–Crippen LogP) is 0.0787. The van der Waals surface area contributed by atoms with E-state index in [1.54, 1.807) is 21.1 Å². The van der Waals surface area contributed by atoms with Crippen LogP contribution < -0.4 is 9.80 Å². The minimum atomic E-state index is 0.155. The molecular weight excluding hydrogens is 368 g/mol. The highest BCUT2D eigenvalue weighted by atomic mass is 32.1. The summed E-state index contributed by atoms with van der Waals surface area (Å²) < 4.78 is 0. The molecule has 2 heterocycles. The molecule has 1 aliphatic heterocycles. The third-order valence-corrected chi connectivity index (χ3v) is 6.99. The van der Waals surface area contributed by atoms with Crippen LogP contribution in [0.5, 0.6) is 0 Å². The second kappa shape index (κ2) is 9.16. The Morgan fingerprint density at radius 1 is 1.21 bits per heavy atom. The zero-order valence-corrected chi connectivity index (χ0v) is 17.6. The van der Waals surface area contributed by atoms with Gasteiger partial charge in [-0.2, -0.15) is 0 Å². The van der Waals surface area contributed by atoms with E-state index in [1.807, 2.05) is 17.6 Å². The van der Waals surface area contributed by atoms with Crippen LogP contribution in [0.1, 0.15) is 29.3 Å². The van der Waals surface area contributed by atoms with Gasteiger partial charge in [0, 0.05) is 30.5 Å². The lowest BCUT2D eigenvalue weighted by Gasteiger charge is -2.28. The highest BCUT2D eigenvalue weighted by molar-refractivity contribution is 7.09. The van der Waals surface area contributed by atoms with Gasteiger partial charge in [-0.15, -0.1) is 11.3 Å². The molecular formula is C22H32N4OS+2. The standard InChI is InChI=1S/C22H30N4OS/c1-24-11-13-25(14-12-24)9-5-10-26(17-21-23-8-15-28-21)22(27)20-16-19(20)18-6-3-2-4-7-18/h2-4,6-8,15,19-20H,5,9-14,16-17H2,1H3/p+2/t19-,20+/m0/s1. The molecule has 2 aromatic rings. The van der Waals surface area contributed by atoms with Crippen molar-refractivity contribution in [3.8, 4) is 0 Å². The lowest BCUT2D eigenvalue weighted by molar-refractivity contribution is -1.00. The molecule has 0 unspecified atom stereocenters. The Bertz CT molecular complexity index is 743. The molecule has 28 heavy (non-hydrogen) atoms. The van der Waals surface area contributed by atoms with Gasteiger partial charge in [0.15, 0.2) is 0 Å². The topological polar surface area (TPSA) is 42.1 Å². The monoisotopic (exact) mass is 400 g/mol. The van der Waals surface area contributed by atoms with Crippen LogP contribution in [-0.4, -0.2) is 62.1 Å². The fraction of sp³-hybridized carbons (Fsp3) is 0.545. The molecule has 150 valence electrons. The smallest absolute Gasteiger partial charge is 0.226 e. The van der Waals surface area contributed by atoms with Gasteiger partial charge in [-0.3, -0.25) is 4.79 Å². The SMILES string of the molecule is C[NH+]1CC[NH+](CCCN(Cc2nccs2)C(=O)[C@@H]2C[C@H]2c2ccccc2)CC1. The van der Waals surface area contributed by atoms with Crippen molar-refractivity contribution in [3.05, 3.63) is 52.5 Å². The fourth-order valence-electron chi connectivity index (χ4n) is 4.33. The first-order valence-corrected chi connectivity index (χ1v) is 11.5. The Morgan fingerprint density at radius 3 is 2.71 bits per heavy atom. The summed E-state index contributed by atoms with van der Waals surface area (Å²) in [6.45, 7) is 7.72. The van der Waals surface area contributed by atoms with E-state index in [2.05, 4.69) is 41.2 Å². The largest absolute Gasteiger partial charge is 0.335 e. The quantitative estimate of drug-likeness (QED) is 0.659. The van der Waals surface area contributed by atoms with Crippen molar-refractivity contribution in [3.63, 3.8) is 0 Å². The van der Waals surface area contributed by atoms with Gasteiger partial charge in [0.1, 0.15) is 31.2 Å². The number of likely N-dealkylation sites (N-methyl/N-ethyl adjacent to an activating group) is 1. The van der Waals surface area contributed by atoms with Gasteiger partial charge in [0.25, 0.3) is 0 Å². The molecule has 1 amide bonds. The molecule has 2 N–H and O–H groups in total. The number of aromatic nitrogens is 1. The van der Waals surface area contributed by atoms with Crippen LogP contribution in [0.15, 0.2) is 41.9 Å². The molecule has 6 heteroatoms. The molecule has 1 aliphatic carbocycles. The summed E-state index contributed by atoms with van der Waals surface area (Å²) in [6.07, 6.45) is 3.90. The number of thiazole rings is 1. The maximum atomic E-state index is 13.2. The highest BCUT2D eigenvalue weighted by Crippen LogP contribution is 2.48. The zero-order chi connectivity index (χ0) is 19.3. The number of quaternary nitrogens is 2. The van der Waals surface area contributed by atoms with Gasteiger partial charge < -0.3 is 14.7 Å². The van der Waals surface area contributed by atoms with E-state index in [4.69, 9.17) is 0 Å². The van der Waals surface area contributed by atoms with E-state index >= 15 is 0 Å². The summed E-state index contributed by atoms with van der Waals surface area (Å²) >= 11 is 1.65. The van der Waals surface area contributed by atoms with Gasteiger partial charge in [0.2, 0.25) is 5.91 Å².